The Kier molecular flexibility index (Phi) is 4.18. The first-order valence-corrected chi connectivity index (χ1v) is 5.11. The standard InChI is InChI=1S/C12H16N2.ClH/c1-2-11(13)8-9-3-4-12-10(7-9)5-6-14-12;/h3-7,11,14H,2,8,13H2,1H3;1H. The molecule has 0 aliphatic rings. The van der Waals surface area contributed by atoms with Crippen LogP contribution in [0.5, 0.6) is 0 Å². The summed E-state index contributed by atoms with van der Waals surface area (Å²) in [7, 11) is 0. The highest BCUT2D eigenvalue weighted by Crippen LogP contribution is 2.15. The average Bonchev–Trinajstić information content (AvgIpc) is 2.64. The van der Waals surface area contributed by atoms with Crippen LogP contribution in [-0.4, -0.2) is 11.0 Å². The Hall–Kier alpha value is -0.990. The minimum absolute atomic E-state index is 0. The maximum absolute atomic E-state index is 5.92. The van der Waals surface area contributed by atoms with Crippen LogP contribution in [0.25, 0.3) is 10.9 Å². The summed E-state index contributed by atoms with van der Waals surface area (Å²) < 4.78 is 0. The molecule has 0 bridgehead atoms. The molecule has 0 aliphatic heterocycles. The molecule has 1 heterocycles. The number of aromatic nitrogens is 1. The highest BCUT2D eigenvalue weighted by molar-refractivity contribution is 5.85. The van der Waals surface area contributed by atoms with Gasteiger partial charge in [-0.3, -0.25) is 0 Å². The number of H-pyrrole nitrogens is 1. The van der Waals surface area contributed by atoms with Crippen molar-refractivity contribution in [1.29, 1.82) is 0 Å². The van der Waals surface area contributed by atoms with E-state index in [0.717, 1.165) is 12.8 Å². The number of benzene rings is 1. The molecule has 3 N–H and O–H groups in total. The molecule has 1 atom stereocenters. The van der Waals surface area contributed by atoms with Crippen LogP contribution in [0.15, 0.2) is 30.5 Å². The number of hydrogen-bond donors (Lipinski definition) is 2. The van der Waals surface area contributed by atoms with Crippen molar-refractivity contribution in [2.75, 3.05) is 0 Å². The van der Waals surface area contributed by atoms with E-state index in [4.69, 9.17) is 5.73 Å². The first kappa shape index (κ1) is 12.1. The molecular weight excluding hydrogens is 208 g/mol. The summed E-state index contributed by atoms with van der Waals surface area (Å²) >= 11 is 0. The number of hydrogen-bond acceptors (Lipinski definition) is 1. The normalized spacial score (nSPS) is 12.4. The zero-order valence-electron chi connectivity index (χ0n) is 8.86. The number of halogens is 1. The predicted molar refractivity (Wildman–Crippen MR) is 67.5 cm³/mol. The highest BCUT2D eigenvalue weighted by Gasteiger charge is 2.02. The fourth-order valence-electron chi connectivity index (χ4n) is 1.68. The van der Waals surface area contributed by atoms with Gasteiger partial charge in [0.1, 0.15) is 0 Å². The third-order valence-corrected chi connectivity index (χ3v) is 2.64. The van der Waals surface area contributed by atoms with Crippen LogP contribution < -0.4 is 5.73 Å². The summed E-state index contributed by atoms with van der Waals surface area (Å²) in [4.78, 5) is 3.18. The third-order valence-electron chi connectivity index (χ3n) is 2.64. The average molecular weight is 225 g/mol. The lowest BCUT2D eigenvalue weighted by Gasteiger charge is -2.08. The molecular formula is C12H17ClN2. The van der Waals surface area contributed by atoms with E-state index in [1.807, 2.05) is 6.20 Å². The van der Waals surface area contributed by atoms with Crippen molar-refractivity contribution in [3.63, 3.8) is 0 Å². The maximum atomic E-state index is 5.92. The van der Waals surface area contributed by atoms with E-state index in [2.05, 4.69) is 36.2 Å². The Labute approximate surface area is 96.3 Å². The Bertz CT molecular complexity index is 422. The lowest BCUT2D eigenvalue weighted by atomic mass is 10.0. The number of fused-ring (bicyclic) bond motifs is 1. The van der Waals surface area contributed by atoms with Gasteiger partial charge in [-0.2, -0.15) is 0 Å². The van der Waals surface area contributed by atoms with Crippen molar-refractivity contribution >= 4 is 23.3 Å². The van der Waals surface area contributed by atoms with Crippen molar-refractivity contribution in [3.05, 3.63) is 36.0 Å². The zero-order chi connectivity index (χ0) is 9.97. The largest absolute Gasteiger partial charge is 0.361 e. The van der Waals surface area contributed by atoms with Crippen LogP contribution in [0.1, 0.15) is 18.9 Å². The van der Waals surface area contributed by atoms with E-state index in [1.165, 1.54) is 16.5 Å². The molecule has 2 aromatic rings. The minimum atomic E-state index is 0. The third kappa shape index (κ3) is 2.74. The van der Waals surface area contributed by atoms with Crippen LogP contribution in [0.4, 0.5) is 0 Å². The summed E-state index contributed by atoms with van der Waals surface area (Å²) in [6, 6.07) is 8.85. The molecule has 0 saturated heterocycles. The molecule has 1 unspecified atom stereocenters. The monoisotopic (exact) mass is 224 g/mol. The smallest absolute Gasteiger partial charge is 0.0454 e. The second kappa shape index (κ2) is 5.19. The molecule has 3 heteroatoms. The van der Waals surface area contributed by atoms with E-state index in [0.29, 0.717) is 0 Å². The molecule has 82 valence electrons. The van der Waals surface area contributed by atoms with Crippen LogP contribution in [0.3, 0.4) is 0 Å². The number of nitrogens with one attached hydrogen (secondary N) is 1. The Morgan fingerprint density at radius 2 is 2.13 bits per heavy atom. The van der Waals surface area contributed by atoms with Gasteiger partial charge >= 0.3 is 0 Å². The van der Waals surface area contributed by atoms with Gasteiger partial charge in [0.05, 0.1) is 0 Å². The molecule has 1 aromatic heterocycles. The van der Waals surface area contributed by atoms with Crippen LogP contribution in [0.2, 0.25) is 0 Å². The SMILES string of the molecule is CCC(N)Cc1ccc2[nH]ccc2c1.Cl. The maximum Gasteiger partial charge on any atom is 0.0454 e. The van der Waals surface area contributed by atoms with Crippen molar-refractivity contribution in [2.24, 2.45) is 5.73 Å². The van der Waals surface area contributed by atoms with E-state index in [9.17, 15) is 0 Å². The molecule has 0 saturated carbocycles. The summed E-state index contributed by atoms with van der Waals surface area (Å²) in [5.41, 5.74) is 8.44. The fraction of sp³-hybridized carbons (Fsp3) is 0.333. The Balaban J connectivity index is 0.00000112. The summed E-state index contributed by atoms with van der Waals surface area (Å²) in [5, 5.41) is 1.27. The van der Waals surface area contributed by atoms with Crippen LogP contribution in [-0.2, 0) is 6.42 Å². The van der Waals surface area contributed by atoms with Crippen LogP contribution in [0, 0.1) is 0 Å². The summed E-state index contributed by atoms with van der Waals surface area (Å²) in [6.45, 7) is 2.12. The van der Waals surface area contributed by atoms with Crippen molar-refractivity contribution in [3.8, 4) is 0 Å². The summed E-state index contributed by atoms with van der Waals surface area (Å²) in [5.74, 6) is 0. The number of rotatable bonds is 3. The molecule has 0 radical (unpaired) electrons. The lowest BCUT2D eigenvalue weighted by Crippen LogP contribution is -2.21. The first-order valence-electron chi connectivity index (χ1n) is 5.11. The molecule has 0 fully saturated rings. The second-order valence-electron chi connectivity index (χ2n) is 3.77. The molecule has 1 aromatic carbocycles. The Morgan fingerprint density at radius 1 is 1.33 bits per heavy atom. The van der Waals surface area contributed by atoms with Gasteiger partial charge in [-0.15, -0.1) is 12.4 Å². The molecule has 15 heavy (non-hydrogen) atoms. The van der Waals surface area contributed by atoms with Gasteiger partial charge in [-0.05, 0) is 42.0 Å². The molecule has 2 nitrogen and oxygen atoms in total. The van der Waals surface area contributed by atoms with Gasteiger partial charge in [0, 0.05) is 17.8 Å². The van der Waals surface area contributed by atoms with Gasteiger partial charge in [-0.25, -0.2) is 0 Å². The van der Waals surface area contributed by atoms with Gasteiger partial charge in [-0.1, -0.05) is 13.0 Å². The van der Waals surface area contributed by atoms with Gasteiger partial charge in [0.15, 0.2) is 0 Å². The van der Waals surface area contributed by atoms with E-state index in [-0.39, 0.29) is 18.4 Å². The van der Waals surface area contributed by atoms with E-state index < -0.39 is 0 Å². The summed E-state index contributed by atoms with van der Waals surface area (Å²) in [6.07, 6.45) is 3.97. The van der Waals surface area contributed by atoms with E-state index >= 15 is 0 Å². The fourth-order valence-corrected chi connectivity index (χ4v) is 1.68. The quantitative estimate of drug-likeness (QED) is 0.827. The zero-order valence-corrected chi connectivity index (χ0v) is 9.68. The second-order valence-corrected chi connectivity index (χ2v) is 3.77. The first-order chi connectivity index (χ1) is 6.79. The van der Waals surface area contributed by atoms with Crippen LogP contribution >= 0.6 is 12.4 Å². The lowest BCUT2D eigenvalue weighted by molar-refractivity contribution is 0.647. The Morgan fingerprint density at radius 3 is 2.87 bits per heavy atom. The van der Waals surface area contributed by atoms with Gasteiger partial charge < -0.3 is 10.7 Å². The van der Waals surface area contributed by atoms with Gasteiger partial charge in [0.2, 0.25) is 0 Å². The predicted octanol–water partition coefficient (Wildman–Crippen LogP) is 2.87. The molecule has 0 spiro atoms. The molecule has 0 amide bonds. The van der Waals surface area contributed by atoms with Crippen molar-refractivity contribution < 1.29 is 0 Å². The van der Waals surface area contributed by atoms with Gasteiger partial charge in [0.25, 0.3) is 0 Å². The van der Waals surface area contributed by atoms with Crippen molar-refractivity contribution in [2.45, 2.75) is 25.8 Å². The molecule has 0 aliphatic carbocycles. The highest BCUT2D eigenvalue weighted by atomic mass is 35.5. The topological polar surface area (TPSA) is 41.8 Å². The van der Waals surface area contributed by atoms with Crippen molar-refractivity contribution in [1.82, 2.24) is 4.98 Å². The van der Waals surface area contributed by atoms with E-state index in [1.54, 1.807) is 0 Å². The molecule has 2 rings (SSSR count). The number of nitrogens with two attached hydrogens (primary N) is 1. The minimum Gasteiger partial charge on any atom is -0.361 e. The number of aromatic amines is 1.